The number of pyridine rings is 2. The van der Waals surface area contributed by atoms with Crippen LogP contribution in [0.4, 0.5) is 0 Å². The normalized spacial score (nSPS) is 17.7. The molecule has 178 valence electrons. The van der Waals surface area contributed by atoms with Crippen LogP contribution in [0.15, 0.2) is 122 Å². The van der Waals surface area contributed by atoms with Crippen molar-refractivity contribution in [2.45, 2.75) is 31.7 Å². The molecule has 0 amide bonds. The highest BCUT2D eigenvalue weighted by atomic mass is 15.1. The third-order valence-corrected chi connectivity index (χ3v) is 8.29. The van der Waals surface area contributed by atoms with E-state index in [-0.39, 0.29) is 5.92 Å². The highest BCUT2D eigenvalue weighted by Gasteiger charge is 2.45. The minimum atomic E-state index is 0.179. The Morgan fingerprint density at radius 2 is 1.43 bits per heavy atom. The Morgan fingerprint density at radius 1 is 0.703 bits per heavy atom. The number of fused-ring (bicyclic) bond motifs is 9. The fourth-order valence-electron chi connectivity index (χ4n) is 6.51. The van der Waals surface area contributed by atoms with Crippen molar-refractivity contribution in [3.05, 3.63) is 139 Å². The van der Waals surface area contributed by atoms with Gasteiger partial charge in [-0.15, -0.1) is 0 Å². The number of allylic oxidation sites excluding steroid dienone is 1. The lowest BCUT2D eigenvalue weighted by Gasteiger charge is -2.29. The quantitative estimate of drug-likeness (QED) is 0.223. The smallest absolute Gasteiger partial charge is 0.194 e. The molecule has 0 saturated carbocycles. The van der Waals surface area contributed by atoms with Crippen LogP contribution in [0.1, 0.15) is 35.1 Å². The Hall–Kier alpha value is -4.30. The summed E-state index contributed by atoms with van der Waals surface area (Å²) in [4.78, 5) is 0. The summed E-state index contributed by atoms with van der Waals surface area (Å²) >= 11 is 0. The van der Waals surface area contributed by atoms with E-state index in [0.717, 1.165) is 18.5 Å². The van der Waals surface area contributed by atoms with Crippen molar-refractivity contribution < 1.29 is 9.13 Å². The van der Waals surface area contributed by atoms with Crippen molar-refractivity contribution in [2.24, 2.45) is 0 Å². The molecule has 0 aliphatic carbocycles. The second-order valence-corrected chi connectivity index (χ2v) is 10.3. The van der Waals surface area contributed by atoms with E-state index >= 15 is 0 Å². The lowest BCUT2D eigenvalue weighted by molar-refractivity contribution is -0.720. The fraction of sp³-hybridized carbons (Fsp3) is 0.143. The van der Waals surface area contributed by atoms with Gasteiger partial charge in [0.1, 0.15) is 5.92 Å². The highest BCUT2D eigenvalue weighted by molar-refractivity contribution is 5.74. The predicted molar refractivity (Wildman–Crippen MR) is 150 cm³/mol. The van der Waals surface area contributed by atoms with E-state index in [9.17, 15) is 0 Å². The van der Waals surface area contributed by atoms with Crippen LogP contribution < -0.4 is 9.13 Å². The second kappa shape index (κ2) is 8.67. The van der Waals surface area contributed by atoms with Gasteiger partial charge in [0.05, 0.1) is 5.56 Å². The molecule has 2 nitrogen and oxygen atoms in total. The molecular formula is C35H30N2+2. The van der Waals surface area contributed by atoms with Crippen LogP contribution in [0.2, 0.25) is 0 Å². The lowest BCUT2D eigenvalue weighted by atomic mass is 9.79. The summed E-state index contributed by atoms with van der Waals surface area (Å²) in [6.45, 7) is 6.99. The standard InChI is InChI=1S/C35H30N2/c1-24-11-3-5-13-28(24)27-20-22-36-25(2)35-31-16-8-7-15-30(31)32-17-9-10-21-37(32)33(35)19-18-26-12-4-6-14-29(26)34(36)23-27/h3-17,20-23,33,35H,2,18-19H2,1H3/q+2. The van der Waals surface area contributed by atoms with Crippen LogP contribution in [0.5, 0.6) is 0 Å². The number of benzene rings is 3. The average molecular weight is 479 g/mol. The average Bonchev–Trinajstić information content (AvgIpc) is 3.00. The monoisotopic (exact) mass is 478 g/mol. The van der Waals surface area contributed by atoms with Crippen molar-refractivity contribution >= 4 is 5.70 Å². The van der Waals surface area contributed by atoms with Gasteiger partial charge < -0.3 is 0 Å². The Bertz CT molecular complexity index is 1680. The van der Waals surface area contributed by atoms with E-state index < -0.39 is 0 Å². The van der Waals surface area contributed by atoms with Gasteiger partial charge in [-0.1, -0.05) is 60.7 Å². The van der Waals surface area contributed by atoms with Crippen molar-refractivity contribution in [3.63, 3.8) is 0 Å². The third-order valence-electron chi connectivity index (χ3n) is 8.29. The lowest BCUT2D eigenvalue weighted by Crippen LogP contribution is -2.50. The van der Waals surface area contributed by atoms with Crippen LogP contribution in [0.3, 0.4) is 0 Å². The predicted octanol–water partition coefficient (Wildman–Crippen LogP) is 7.33. The van der Waals surface area contributed by atoms with Gasteiger partial charge in [-0.3, -0.25) is 0 Å². The minimum Gasteiger partial charge on any atom is -0.194 e. The number of aryl methyl sites for hydroxylation is 2. The minimum absolute atomic E-state index is 0.179. The summed E-state index contributed by atoms with van der Waals surface area (Å²) in [6, 6.07) is 37.9. The van der Waals surface area contributed by atoms with Crippen molar-refractivity contribution in [1.82, 2.24) is 0 Å². The van der Waals surface area contributed by atoms with Crippen LogP contribution in [-0.4, -0.2) is 0 Å². The molecule has 7 rings (SSSR count). The van der Waals surface area contributed by atoms with E-state index in [1.165, 1.54) is 50.3 Å². The van der Waals surface area contributed by atoms with Gasteiger partial charge in [0.2, 0.25) is 11.4 Å². The van der Waals surface area contributed by atoms with Gasteiger partial charge in [0.15, 0.2) is 24.1 Å². The van der Waals surface area contributed by atoms with Crippen LogP contribution in [0.25, 0.3) is 39.3 Å². The number of rotatable bonds is 1. The molecule has 0 spiro atoms. The van der Waals surface area contributed by atoms with Gasteiger partial charge in [-0.25, -0.2) is 0 Å². The molecule has 0 saturated heterocycles. The van der Waals surface area contributed by atoms with E-state index in [1.807, 2.05) is 0 Å². The molecule has 0 fully saturated rings. The van der Waals surface area contributed by atoms with E-state index in [1.54, 1.807) is 0 Å². The largest absolute Gasteiger partial charge is 0.219 e. The topological polar surface area (TPSA) is 7.76 Å². The molecule has 37 heavy (non-hydrogen) atoms. The first kappa shape index (κ1) is 21.9. The van der Waals surface area contributed by atoms with Gasteiger partial charge in [-0.2, -0.15) is 9.13 Å². The molecule has 0 N–H and O–H groups in total. The summed E-state index contributed by atoms with van der Waals surface area (Å²) in [5, 5.41) is 0. The zero-order valence-electron chi connectivity index (χ0n) is 21.1. The first-order chi connectivity index (χ1) is 18.2. The Balaban J connectivity index is 1.49. The van der Waals surface area contributed by atoms with E-state index in [4.69, 9.17) is 6.58 Å². The number of hydrogen-bond acceptors (Lipinski definition) is 0. The zero-order chi connectivity index (χ0) is 24.9. The molecule has 2 atom stereocenters. The van der Waals surface area contributed by atoms with Gasteiger partial charge in [0.25, 0.3) is 0 Å². The Morgan fingerprint density at radius 3 is 2.30 bits per heavy atom. The van der Waals surface area contributed by atoms with E-state index in [0.29, 0.717) is 6.04 Å². The van der Waals surface area contributed by atoms with Crippen molar-refractivity contribution in [2.75, 3.05) is 0 Å². The molecule has 0 bridgehead atoms. The third kappa shape index (κ3) is 3.48. The van der Waals surface area contributed by atoms with Crippen molar-refractivity contribution in [1.29, 1.82) is 0 Å². The van der Waals surface area contributed by atoms with Crippen molar-refractivity contribution in [3.8, 4) is 33.6 Å². The summed E-state index contributed by atoms with van der Waals surface area (Å²) in [7, 11) is 0. The summed E-state index contributed by atoms with van der Waals surface area (Å²) < 4.78 is 4.85. The second-order valence-electron chi connectivity index (χ2n) is 10.3. The molecule has 2 unspecified atom stereocenters. The Kier molecular flexibility index (Phi) is 5.14. The van der Waals surface area contributed by atoms with Crippen LogP contribution >= 0.6 is 0 Å². The molecule has 2 aliphatic heterocycles. The zero-order valence-corrected chi connectivity index (χ0v) is 21.1. The van der Waals surface area contributed by atoms with Gasteiger partial charge in [-0.05, 0) is 65.9 Å². The molecule has 2 aromatic heterocycles. The molecule has 2 aliphatic rings. The molecule has 3 aromatic carbocycles. The van der Waals surface area contributed by atoms with Gasteiger partial charge in [0, 0.05) is 36.2 Å². The maximum atomic E-state index is 4.80. The van der Waals surface area contributed by atoms with Gasteiger partial charge >= 0.3 is 0 Å². The molecule has 2 heteroatoms. The van der Waals surface area contributed by atoms with Crippen LogP contribution in [0, 0.1) is 6.92 Å². The fourth-order valence-corrected chi connectivity index (χ4v) is 6.51. The highest BCUT2D eigenvalue weighted by Crippen LogP contribution is 2.45. The first-order valence-corrected chi connectivity index (χ1v) is 13.2. The SMILES string of the molecule is C=C1C2c3ccccc3-c3cccc[n+]3C2CCc2ccccc2-c2cc(-c3ccccc3C)cc[n+]21. The maximum Gasteiger partial charge on any atom is 0.219 e. The Labute approximate surface area is 218 Å². The molecular weight excluding hydrogens is 448 g/mol. The molecule has 5 aromatic rings. The summed E-state index contributed by atoms with van der Waals surface area (Å²) in [6.07, 6.45) is 6.57. The maximum absolute atomic E-state index is 4.80. The number of nitrogens with zero attached hydrogens (tertiary/aromatic N) is 2. The van der Waals surface area contributed by atoms with Crippen LogP contribution in [-0.2, 0) is 6.42 Å². The number of aromatic nitrogens is 2. The first-order valence-electron chi connectivity index (χ1n) is 13.2. The molecule has 0 radical (unpaired) electrons. The number of hydrogen-bond donors (Lipinski definition) is 0. The molecule has 4 heterocycles. The van der Waals surface area contributed by atoms with E-state index in [2.05, 4.69) is 132 Å². The summed E-state index contributed by atoms with van der Waals surface area (Å²) in [5.74, 6) is 0.179. The summed E-state index contributed by atoms with van der Waals surface area (Å²) in [5.41, 5.74) is 12.8.